The summed E-state index contributed by atoms with van der Waals surface area (Å²) in [4.78, 5) is 14.8. The molecule has 0 aliphatic rings. The molecule has 0 saturated carbocycles. The standard InChI is InChI=1S/C13H15NO2/c1-13(2,3)12(15)16-10-5-4-9-6-7-14-11(9)8-10/h4-8,14H,1-3H3. The van der Waals surface area contributed by atoms with Crippen molar-refractivity contribution in [3.8, 4) is 5.75 Å². The van der Waals surface area contributed by atoms with E-state index in [0.717, 1.165) is 10.9 Å². The van der Waals surface area contributed by atoms with E-state index in [9.17, 15) is 4.79 Å². The summed E-state index contributed by atoms with van der Waals surface area (Å²) in [5.41, 5.74) is 0.490. The van der Waals surface area contributed by atoms with Gasteiger partial charge in [-0.3, -0.25) is 4.79 Å². The molecule has 1 aromatic carbocycles. The third kappa shape index (κ3) is 2.08. The number of nitrogens with one attached hydrogen (secondary N) is 1. The molecule has 0 aliphatic carbocycles. The smallest absolute Gasteiger partial charge is 0.316 e. The number of esters is 1. The number of ether oxygens (including phenoxy) is 1. The molecule has 0 unspecified atom stereocenters. The number of benzene rings is 1. The van der Waals surface area contributed by atoms with Gasteiger partial charge in [-0.1, -0.05) is 0 Å². The predicted molar refractivity (Wildman–Crippen MR) is 63.4 cm³/mol. The summed E-state index contributed by atoms with van der Waals surface area (Å²) in [5.74, 6) is 0.355. The van der Waals surface area contributed by atoms with Crippen molar-refractivity contribution in [2.24, 2.45) is 5.41 Å². The van der Waals surface area contributed by atoms with Gasteiger partial charge in [0.05, 0.1) is 5.41 Å². The highest BCUT2D eigenvalue weighted by atomic mass is 16.5. The van der Waals surface area contributed by atoms with Crippen molar-refractivity contribution in [2.75, 3.05) is 0 Å². The molecule has 0 atom stereocenters. The Labute approximate surface area is 94.4 Å². The van der Waals surface area contributed by atoms with E-state index in [-0.39, 0.29) is 5.97 Å². The van der Waals surface area contributed by atoms with Gasteiger partial charge in [-0.25, -0.2) is 0 Å². The maximum atomic E-state index is 11.7. The first-order chi connectivity index (χ1) is 7.47. The number of carbonyl (C=O) groups excluding carboxylic acids is 1. The monoisotopic (exact) mass is 217 g/mol. The normalized spacial score (nSPS) is 11.7. The lowest BCUT2D eigenvalue weighted by Gasteiger charge is -2.16. The van der Waals surface area contributed by atoms with Crippen LogP contribution in [0, 0.1) is 5.41 Å². The lowest BCUT2D eigenvalue weighted by molar-refractivity contribution is -0.142. The van der Waals surface area contributed by atoms with Crippen LogP contribution in [0.2, 0.25) is 0 Å². The van der Waals surface area contributed by atoms with Gasteiger partial charge < -0.3 is 9.72 Å². The van der Waals surface area contributed by atoms with Crippen LogP contribution in [0.5, 0.6) is 5.75 Å². The zero-order valence-electron chi connectivity index (χ0n) is 9.70. The topological polar surface area (TPSA) is 42.1 Å². The third-order valence-corrected chi connectivity index (χ3v) is 2.35. The lowest BCUT2D eigenvalue weighted by Crippen LogP contribution is -2.25. The van der Waals surface area contributed by atoms with E-state index < -0.39 is 5.41 Å². The summed E-state index contributed by atoms with van der Waals surface area (Å²) >= 11 is 0. The number of hydrogen-bond acceptors (Lipinski definition) is 2. The fourth-order valence-corrected chi connectivity index (χ4v) is 1.35. The van der Waals surface area contributed by atoms with E-state index in [1.165, 1.54) is 0 Å². The second kappa shape index (κ2) is 3.67. The maximum absolute atomic E-state index is 11.7. The van der Waals surface area contributed by atoms with Crippen molar-refractivity contribution in [3.05, 3.63) is 30.5 Å². The Morgan fingerprint density at radius 2 is 2.00 bits per heavy atom. The maximum Gasteiger partial charge on any atom is 0.316 e. The number of carbonyl (C=O) groups is 1. The number of hydrogen-bond donors (Lipinski definition) is 1. The van der Waals surface area contributed by atoms with Gasteiger partial charge in [-0.05, 0) is 44.4 Å². The Morgan fingerprint density at radius 3 is 2.69 bits per heavy atom. The van der Waals surface area contributed by atoms with Gasteiger partial charge in [0.1, 0.15) is 5.75 Å². The van der Waals surface area contributed by atoms with E-state index in [1.807, 2.05) is 45.2 Å². The van der Waals surface area contributed by atoms with Gasteiger partial charge in [-0.2, -0.15) is 0 Å². The minimum Gasteiger partial charge on any atom is -0.426 e. The molecule has 3 nitrogen and oxygen atoms in total. The van der Waals surface area contributed by atoms with Crippen LogP contribution in [-0.2, 0) is 4.79 Å². The summed E-state index contributed by atoms with van der Waals surface area (Å²) in [6, 6.07) is 7.54. The van der Waals surface area contributed by atoms with Crippen molar-refractivity contribution in [2.45, 2.75) is 20.8 Å². The molecule has 2 rings (SSSR count). The van der Waals surface area contributed by atoms with Gasteiger partial charge in [0.15, 0.2) is 0 Å². The Morgan fingerprint density at radius 1 is 1.25 bits per heavy atom. The highest BCUT2D eigenvalue weighted by Gasteiger charge is 2.23. The fraction of sp³-hybridized carbons (Fsp3) is 0.308. The summed E-state index contributed by atoms with van der Waals surface area (Å²) < 4.78 is 5.30. The number of aromatic nitrogens is 1. The van der Waals surface area contributed by atoms with Crippen molar-refractivity contribution in [1.29, 1.82) is 0 Å². The first-order valence-electron chi connectivity index (χ1n) is 5.26. The van der Waals surface area contributed by atoms with Gasteiger partial charge in [0.25, 0.3) is 0 Å². The van der Waals surface area contributed by atoms with E-state index in [2.05, 4.69) is 4.98 Å². The van der Waals surface area contributed by atoms with Gasteiger partial charge in [-0.15, -0.1) is 0 Å². The van der Waals surface area contributed by atoms with E-state index >= 15 is 0 Å². The molecule has 0 radical (unpaired) electrons. The molecule has 1 N–H and O–H groups in total. The van der Waals surface area contributed by atoms with Gasteiger partial charge in [0, 0.05) is 17.8 Å². The SMILES string of the molecule is CC(C)(C)C(=O)Oc1ccc2cc[nH]c2c1. The fourth-order valence-electron chi connectivity index (χ4n) is 1.35. The predicted octanol–water partition coefficient (Wildman–Crippen LogP) is 3.12. The molecular weight excluding hydrogens is 202 g/mol. The molecule has 3 heteroatoms. The number of aromatic amines is 1. The molecule has 0 aliphatic heterocycles. The average Bonchev–Trinajstić information content (AvgIpc) is 2.63. The van der Waals surface area contributed by atoms with Crippen molar-refractivity contribution in [3.63, 3.8) is 0 Å². The van der Waals surface area contributed by atoms with Crippen LogP contribution >= 0.6 is 0 Å². The van der Waals surface area contributed by atoms with E-state index in [1.54, 1.807) is 6.07 Å². The van der Waals surface area contributed by atoms with Crippen LogP contribution in [0.25, 0.3) is 10.9 Å². The molecule has 0 amide bonds. The van der Waals surface area contributed by atoms with Crippen molar-refractivity contribution >= 4 is 16.9 Å². The molecule has 1 aromatic heterocycles. The largest absolute Gasteiger partial charge is 0.426 e. The highest BCUT2D eigenvalue weighted by molar-refractivity contribution is 5.83. The number of H-pyrrole nitrogens is 1. The molecule has 84 valence electrons. The Hall–Kier alpha value is -1.77. The van der Waals surface area contributed by atoms with Crippen LogP contribution in [0.1, 0.15) is 20.8 Å². The van der Waals surface area contributed by atoms with Gasteiger partial charge >= 0.3 is 5.97 Å². The summed E-state index contributed by atoms with van der Waals surface area (Å²) in [7, 11) is 0. The van der Waals surface area contributed by atoms with Gasteiger partial charge in [0.2, 0.25) is 0 Å². The molecule has 0 fully saturated rings. The second-order valence-electron chi connectivity index (χ2n) is 4.87. The first kappa shape index (κ1) is 10.7. The average molecular weight is 217 g/mol. The summed E-state index contributed by atoms with van der Waals surface area (Å²) in [5, 5.41) is 1.11. The lowest BCUT2D eigenvalue weighted by atomic mass is 9.97. The molecule has 1 heterocycles. The molecule has 0 saturated heterocycles. The van der Waals surface area contributed by atoms with E-state index in [0.29, 0.717) is 5.75 Å². The third-order valence-electron chi connectivity index (χ3n) is 2.35. The van der Waals surface area contributed by atoms with Crippen LogP contribution < -0.4 is 4.74 Å². The zero-order chi connectivity index (χ0) is 11.8. The molecular formula is C13H15NO2. The minimum absolute atomic E-state index is 0.224. The first-order valence-corrected chi connectivity index (χ1v) is 5.26. The highest BCUT2D eigenvalue weighted by Crippen LogP contribution is 2.22. The quantitative estimate of drug-likeness (QED) is 0.589. The Balaban J connectivity index is 2.24. The van der Waals surface area contributed by atoms with Crippen LogP contribution in [0.15, 0.2) is 30.5 Å². The van der Waals surface area contributed by atoms with Crippen LogP contribution in [0.4, 0.5) is 0 Å². The van der Waals surface area contributed by atoms with E-state index in [4.69, 9.17) is 4.74 Å². The second-order valence-corrected chi connectivity index (χ2v) is 4.87. The minimum atomic E-state index is -0.481. The molecule has 0 spiro atoms. The Kier molecular flexibility index (Phi) is 2.46. The van der Waals surface area contributed by atoms with Crippen LogP contribution in [0.3, 0.4) is 0 Å². The Bertz CT molecular complexity index is 520. The molecule has 0 bridgehead atoms. The number of rotatable bonds is 1. The molecule has 2 aromatic rings. The summed E-state index contributed by atoms with van der Waals surface area (Å²) in [6.07, 6.45) is 1.86. The van der Waals surface area contributed by atoms with Crippen molar-refractivity contribution in [1.82, 2.24) is 4.98 Å². The molecule has 16 heavy (non-hydrogen) atoms. The summed E-state index contributed by atoms with van der Waals surface area (Å²) in [6.45, 7) is 5.51. The van der Waals surface area contributed by atoms with Crippen molar-refractivity contribution < 1.29 is 9.53 Å². The van der Waals surface area contributed by atoms with Crippen LogP contribution in [-0.4, -0.2) is 11.0 Å². The zero-order valence-corrected chi connectivity index (χ0v) is 9.70. The number of fused-ring (bicyclic) bond motifs is 1.